The molecule has 212 valence electrons. The number of fused-ring (bicyclic) bond motifs is 1. The van der Waals surface area contributed by atoms with Gasteiger partial charge in [0.15, 0.2) is 12.4 Å². The summed E-state index contributed by atoms with van der Waals surface area (Å²) in [7, 11) is 0. The second kappa shape index (κ2) is 14.2. The monoisotopic (exact) mass is 559 g/mol. The minimum absolute atomic E-state index is 0.0387. The van der Waals surface area contributed by atoms with E-state index in [2.05, 4.69) is 16.0 Å². The highest BCUT2D eigenvalue weighted by atomic mass is 16.5. The Hall–Kier alpha value is -5.32. The summed E-state index contributed by atoms with van der Waals surface area (Å²) in [5, 5.41) is 17.7. The van der Waals surface area contributed by atoms with Gasteiger partial charge in [-0.15, -0.1) is 0 Å². The van der Waals surface area contributed by atoms with Gasteiger partial charge in [-0.2, -0.15) is 0 Å². The fraction of sp³-hybridized carbons (Fsp3) is 0.200. The standard InChI is InChI=1S/C30H29N3O8/c34-27(35)19-39-25-15-7-5-12-22(25)32-28(36)23(33-29(37)26-17-21-11-4-6-14-24(21)41-26)13-8-16-31-30(38)40-18-20-9-2-1-3-10-20/h1-7,9-12,14-15,17,23H,8,13,16,18-19H2,(H,31,38)(H,32,36)(H,33,37)(H,34,35)/t23-/m0/s1. The molecule has 0 aliphatic carbocycles. The summed E-state index contributed by atoms with van der Waals surface area (Å²) in [6.45, 7) is -0.282. The second-order valence-corrected chi connectivity index (χ2v) is 8.97. The van der Waals surface area contributed by atoms with Crippen LogP contribution in [0.1, 0.15) is 29.0 Å². The van der Waals surface area contributed by atoms with E-state index in [1.807, 2.05) is 36.4 Å². The van der Waals surface area contributed by atoms with Crippen molar-refractivity contribution in [2.75, 3.05) is 18.5 Å². The Bertz CT molecular complexity index is 1470. The number of aliphatic carboxylic acids is 1. The number of ether oxygens (including phenoxy) is 2. The second-order valence-electron chi connectivity index (χ2n) is 8.97. The predicted octanol–water partition coefficient (Wildman–Crippen LogP) is 4.34. The van der Waals surface area contributed by atoms with Crippen molar-refractivity contribution in [1.82, 2.24) is 10.6 Å². The first-order valence-corrected chi connectivity index (χ1v) is 12.9. The van der Waals surface area contributed by atoms with Crippen LogP contribution in [0.25, 0.3) is 11.0 Å². The van der Waals surface area contributed by atoms with Gasteiger partial charge in [-0.05, 0) is 42.7 Å². The van der Waals surface area contributed by atoms with Crippen LogP contribution < -0.4 is 20.7 Å². The lowest BCUT2D eigenvalue weighted by Gasteiger charge is -2.19. The SMILES string of the molecule is O=C(O)COc1ccccc1NC(=O)[C@H](CCCNC(=O)OCc1ccccc1)NC(=O)c1cc2ccccc2o1. The first-order valence-electron chi connectivity index (χ1n) is 12.9. The van der Waals surface area contributed by atoms with Crippen LogP contribution in [-0.4, -0.2) is 48.2 Å². The Labute approximate surface area is 235 Å². The zero-order valence-electron chi connectivity index (χ0n) is 22.0. The summed E-state index contributed by atoms with van der Waals surface area (Å²) < 4.78 is 16.1. The van der Waals surface area contributed by atoms with Crippen LogP contribution >= 0.6 is 0 Å². The zero-order valence-corrected chi connectivity index (χ0v) is 22.0. The molecule has 1 atom stereocenters. The van der Waals surface area contributed by atoms with Crippen LogP contribution in [0.15, 0.2) is 89.3 Å². The van der Waals surface area contributed by atoms with Gasteiger partial charge in [0.05, 0.1) is 5.69 Å². The molecule has 0 saturated heterocycles. The Kier molecular flexibility index (Phi) is 9.92. The average molecular weight is 560 g/mol. The van der Waals surface area contributed by atoms with Gasteiger partial charge in [-0.3, -0.25) is 9.59 Å². The highest BCUT2D eigenvalue weighted by molar-refractivity contribution is 6.02. The Morgan fingerprint density at radius 2 is 1.63 bits per heavy atom. The molecule has 1 aromatic heterocycles. The minimum atomic E-state index is -1.17. The topological polar surface area (TPSA) is 156 Å². The minimum Gasteiger partial charge on any atom is -0.480 e. The smallest absolute Gasteiger partial charge is 0.407 e. The molecular weight excluding hydrogens is 530 g/mol. The van der Waals surface area contributed by atoms with Gasteiger partial charge >= 0.3 is 12.1 Å². The summed E-state index contributed by atoms with van der Waals surface area (Å²) in [6.07, 6.45) is -0.115. The summed E-state index contributed by atoms with van der Waals surface area (Å²) in [5.41, 5.74) is 1.62. The van der Waals surface area contributed by atoms with Gasteiger partial charge in [0.25, 0.3) is 5.91 Å². The average Bonchev–Trinajstić information content (AvgIpc) is 3.42. The maximum atomic E-state index is 13.3. The molecule has 11 heteroatoms. The molecule has 11 nitrogen and oxygen atoms in total. The van der Waals surface area contributed by atoms with Gasteiger partial charge < -0.3 is 34.9 Å². The largest absolute Gasteiger partial charge is 0.480 e. The maximum absolute atomic E-state index is 13.3. The van der Waals surface area contributed by atoms with Crippen LogP contribution in [0, 0.1) is 0 Å². The number of hydrogen-bond donors (Lipinski definition) is 4. The van der Waals surface area contributed by atoms with Crippen molar-refractivity contribution in [2.24, 2.45) is 0 Å². The third kappa shape index (κ3) is 8.59. The molecule has 41 heavy (non-hydrogen) atoms. The summed E-state index contributed by atoms with van der Waals surface area (Å²) >= 11 is 0. The number of anilines is 1. The molecule has 0 radical (unpaired) electrons. The van der Waals surface area contributed by atoms with Crippen LogP contribution in [0.5, 0.6) is 5.75 Å². The van der Waals surface area contributed by atoms with Crippen molar-refractivity contribution in [3.05, 3.63) is 96.3 Å². The maximum Gasteiger partial charge on any atom is 0.407 e. The Balaban J connectivity index is 1.39. The molecule has 4 rings (SSSR count). The lowest BCUT2D eigenvalue weighted by atomic mass is 10.1. The zero-order chi connectivity index (χ0) is 29.0. The fourth-order valence-electron chi connectivity index (χ4n) is 3.92. The van der Waals surface area contributed by atoms with Crippen molar-refractivity contribution in [2.45, 2.75) is 25.5 Å². The molecular formula is C30H29N3O8. The first kappa shape index (κ1) is 28.7. The highest BCUT2D eigenvalue weighted by Crippen LogP contribution is 2.24. The van der Waals surface area contributed by atoms with E-state index in [-0.39, 0.29) is 36.8 Å². The van der Waals surface area contributed by atoms with Gasteiger partial charge in [0, 0.05) is 11.9 Å². The van der Waals surface area contributed by atoms with Crippen LogP contribution in [0.2, 0.25) is 0 Å². The molecule has 1 heterocycles. The van der Waals surface area contributed by atoms with E-state index >= 15 is 0 Å². The number of nitrogens with one attached hydrogen (secondary N) is 3. The van der Waals surface area contributed by atoms with E-state index in [0.29, 0.717) is 12.0 Å². The van der Waals surface area contributed by atoms with E-state index in [1.165, 1.54) is 6.07 Å². The molecule has 0 bridgehead atoms. The summed E-state index contributed by atoms with van der Waals surface area (Å²) in [6, 6.07) is 23.3. The van der Waals surface area contributed by atoms with Crippen LogP contribution in [-0.2, 0) is 20.9 Å². The molecule has 4 aromatic rings. The van der Waals surface area contributed by atoms with Crippen molar-refractivity contribution < 1.29 is 38.2 Å². The first-order chi connectivity index (χ1) is 19.9. The quantitative estimate of drug-likeness (QED) is 0.176. The number of carbonyl (C=O) groups is 4. The number of para-hydroxylation sites is 3. The van der Waals surface area contributed by atoms with Crippen molar-refractivity contribution in [1.29, 1.82) is 0 Å². The molecule has 0 aliphatic heterocycles. The number of furan rings is 1. The summed E-state index contributed by atoms with van der Waals surface area (Å²) in [5.74, 6) is -2.12. The summed E-state index contributed by atoms with van der Waals surface area (Å²) in [4.78, 5) is 49.3. The number of amides is 3. The molecule has 0 saturated carbocycles. The Morgan fingerprint density at radius 3 is 2.41 bits per heavy atom. The molecule has 0 spiro atoms. The van der Waals surface area contributed by atoms with E-state index in [1.54, 1.807) is 42.5 Å². The van der Waals surface area contributed by atoms with E-state index < -0.39 is 36.5 Å². The van der Waals surface area contributed by atoms with E-state index in [0.717, 1.165) is 10.9 Å². The van der Waals surface area contributed by atoms with Crippen LogP contribution in [0.3, 0.4) is 0 Å². The third-order valence-electron chi connectivity index (χ3n) is 5.92. The van der Waals surface area contributed by atoms with Crippen LogP contribution in [0.4, 0.5) is 10.5 Å². The fourth-order valence-corrected chi connectivity index (χ4v) is 3.92. The Morgan fingerprint density at radius 1 is 0.902 bits per heavy atom. The lowest BCUT2D eigenvalue weighted by Crippen LogP contribution is -2.44. The molecule has 3 amide bonds. The molecule has 0 unspecified atom stereocenters. The molecule has 4 N–H and O–H groups in total. The normalized spacial score (nSPS) is 11.3. The van der Waals surface area contributed by atoms with E-state index in [9.17, 15) is 19.2 Å². The predicted molar refractivity (Wildman–Crippen MR) is 150 cm³/mol. The van der Waals surface area contributed by atoms with Crippen molar-refractivity contribution in [3.8, 4) is 5.75 Å². The van der Waals surface area contributed by atoms with Crippen molar-refractivity contribution >= 4 is 40.5 Å². The number of benzene rings is 3. The van der Waals surface area contributed by atoms with Crippen molar-refractivity contribution in [3.63, 3.8) is 0 Å². The molecule has 0 aliphatic rings. The number of carboxylic acid groups (broad SMARTS) is 1. The van der Waals surface area contributed by atoms with Gasteiger partial charge in [0.2, 0.25) is 5.91 Å². The lowest BCUT2D eigenvalue weighted by molar-refractivity contribution is -0.139. The van der Waals surface area contributed by atoms with Gasteiger partial charge in [-0.1, -0.05) is 60.7 Å². The number of hydrogen-bond acceptors (Lipinski definition) is 7. The third-order valence-corrected chi connectivity index (χ3v) is 5.92. The van der Waals surface area contributed by atoms with Gasteiger partial charge in [0.1, 0.15) is 24.0 Å². The molecule has 0 fully saturated rings. The highest BCUT2D eigenvalue weighted by Gasteiger charge is 2.24. The number of rotatable bonds is 13. The van der Waals surface area contributed by atoms with E-state index in [4.69, 9.17) is 19.0 Å². The molecule has 3 aromatic carbocycles. The van der Waals surface area contributed by atoms with Gasteiger partial charge in [-0.25, -0.2) is 9.59 Å². The number of carboxylic acids is 1. The number of carbonyl (C=O) groups excluding carboxylic acids is 3. The number of alkyl carbamates (subject to hydrolysis) is 1.